The molecule has 27 heavy (non-hydrogen) atoms. The first-order valence-corrected chi connectivity index (χ1v) is 8.56. The maximum atomic E-state index is 12.3. The average molecular weight is 357 g/mol. The molecule has 6 nitrogen and oxygen atoms in total. The van der Waals surface area contributed by atoms with E-state index in [-0.39, 0.29) is 11.6 Å². The summed E-state index contributed by atoms with van der Waals surface area (Å²) in [7, 11) is 0. The van der Waals surface area contributed by atoms with E-state index in [0.29, 0.717) is 23.0 Å². The molecule has 1 heterocycles. The van der Waals surface area contributed by atoms with Crippen molar-refractivity contribution in [3.63, 3.8) is 0 Å². The summed E-state index contributed by atoms with van der Waals surface area (Å²) >= 11 is 0. The summed E-state index contributed by atoms with van der Waals surface area (Å²) in [4.78, 5) is 20.8. The minimum atomic E-state index is -0.360. The predicted octanol–water partition coefficient (Wildman–Crippen LogP) is 4.47. The van der Waals surface area contributed by atoms with Crippen LogP contribution >= 0.6 is 0 Å². The third-order valence-corrected chi connectivity index (χ3v) is 4.00. The highest BCUT2D eigenvalue weighted by Gasteiger charge is 2.10. The number of benzene rings is 2. The van der Waals surface area contributed by atoms with E-state index in [4.69, 9.17) is 5.26 Å². The molecule has 0 fully saturated rings. The Kier molecular flexibility index (Phi) is 5.43. The van der Waals surface area contributed by atoms with E-state index in [0.717, 1.165) is 5.69 Å². The molecule has 1 aromatic heterocycles. The van der Waals surface area contributed by atoms with E-state index in [1.807, 2.05) is 24.3 Å². The van der Waals surface area contributed by atoms with Gasteiger partial charge >= 0.3 is 0 Å². The maximum absolute atomic E-state index is 12.3. The number of nitrogens with zero attached hydrogens (tertiary/aromatic N) is 3. The molecule has 0 spiro atoms. The summed E-state index contributed by atoms with van der Waals surface area (Å²) in [6, 6.07) is 16.7. The van der Waals surface area contributed by atoms with Gasteiger partial charge in [-0.25, -0.2) is 9.97 Å². The number of hydrogen-bond donors (Lipinski definition) is 2. The molecule has 0 aliphatic rings. The molecule has 2 aromatic carbocycles. The zero-order chi connectivity index (χ0) is 19.2. The fourth-order valence-corrected chi connectivity index (χ4v) is 2.59. The molecule has 6 heteroatoms. The molecule has 0 saturated heterocycles. The van der Waals surface area contributed by atoms with Crippen LogP contribution in [-0.2, 0) is 0 Å². The van der Waals surface area contributed by atoms with Crippen LogP contribution in [0.4, 0.5) is 17.2 Å². The summed E-state index contributed by atoms with van der Waals surface area (Å²) < 4.78 is 0. The van der Waals surface area contributed by atoms with Crippen molar-refractivity contribution in [3.8, 4) is 6.07 Å². The van der Waals surface area contributed by atoms with E-state index in [9.17, 15) is 4.79 Å². The number of aromatic nitrogens is 2. The van der Waals surface area contributed by atoms with Crippen molar-refractivity contribution < 1.29 is 4.79 Å². The molecule has 1 amide bonds. The number of hydrogen-bond acceptors (Lipinski definition) is 5. The molecule has 134 valence electrons. The lowest BCUT2D eigenvalue weighted by Crippen LogP contribution is -2.14. The highest BCUT2D eigenvalue weighted by Crippen LogP contribution is 2.25. The Hall–Kier alpha value is -3.72. The van der Waals surface area contributed by atoms with Gasteiger partial charge in [-0.2, -0.15) is 5.26 Å². The van der Waals surface area contributed by atoms with Gasteiger partial charge in [0.2, 0.25) is 0 Å². The summed E-state index contributed by atoms with van der Waals surface area (Å²) in [5.41, 5.74) is 3.49. The Morgan fingerprint density at radius 2 is 1.78 bits per heavy atom. The molecule has 3 aromatic rings. The largest absolute Gasteiger partial charge is 0.339 e. The number of amides is 1. The van der Waals surface area contributed by atoms with Crippen LogP contribution in [0.5, 0.6) is 0 Å². The molecule has 0 saturated carbocycles. The molecule has 3 rings (SSSR count). The smallest absolute Gasteiger partial charge is 0.275 e. The van der Waals surface area contributed by atoms with Crippen molar-refractivity contribution in [3.05, 3.63) is 77.7 Å². The topological polar surface area (TPSA) is 90.7 Å². The molecule has 0 aliphatic heterocycles. The molecule has 2 N–H and O–H groups in total. The number of rotatable bonds is 5. The van der Waals surface area contributed by atoms with E-state index in [1.165, 1.54) is 18.0 Å². The molecule has 0 aliphatic carbocycles. The standard InChI is InChI=1S/C21H19N5O/c1-14(2)17-5-3-4-6-18(17)26-20-13-23-19(12-24-20)21(27)25-16-9-7-15(11-22)8-10-16/h3-10,12-14H,1-2H3,(H,24,26)(H,25,27). The van der Waals surface area contributed by atoms with Crippen molar-refractivity contribution >= 4 is 23.1 Å². The van der Waals surface area contributed by atoms with Gasteiger partial charge in [-0.05, 0) is 41.8 Å². The van der Waals surface area contributed by atoms with Gasteiger partial charge < -0.3 is 10.6 Å². The average Bonchev–Trinajstić information content (AvgIpc) is 2.69. The van der Waals surface area contributed by atoms with E-state index in [1.54, 1.807) is 24.3 Å². The summed E-state index contributed by atoms with van der Waals surface area (Å²) in [6.07, 6.45) is 2.96. The van der Waals surface area contributed by atoms with Crippen molar-refractivity contribution in [1.29, 1.82) is 5.26 Å². The van der Waals surface area contributed by atoms with Crippen molar-refractivity contribution in [2.75, 3.05) is 10.6 Å². The molecular weight excluding hydrogens is 338 g/mol. The van der Waals surface area contributed by atoms with Crippen LogP contribution in [-0.4, -0.2) is 15.9 Å². The zero-order valence-electron chi connectivity index (χ0n) is 15.1. The second-order valence-electron chi connectivity index (χ2n) is 6.30. The zero-order valence-corrected chi connectivity index (χ0v) is 15.1. The van der Waals surface area contributed by atoms with Crippen LogP contribution in [0, 0.1) is 11.3 Å². The van der Waals surface area contributed by atoms with Crippen LogP contribution in [0.25, 0.3) is 0 Å². The highest BCUT2D eigenvalue weighted by atomic mass is 16.1. The van der Waals surface area contributed by atoms with Gasteiger partial charge in [0, 0.05) is 11.4 Å². The van der Waals surface area contributed by atoms with Gasteiger partial charge in [-0.1, -0.05) is 32.0 Å². The number of nitrogens with one attached hydrogen (secondary N) is 2. The molecule has 0 radical (unpaired) electrons. The Labute approximate surface area is 157 Å². The van der Waals surface area contributed by atoms with Crippen molar-refractivity contribution in [2.24, 2.45) is 0 Å². The SMILES string of the molecule is CC(C)c1ccccc1Nc1cnc(C(=O)Nc2ccc(C#N)cc2)cn1. The summed E-state index contributed by atoms with van der Waals surface area (Å²) in [5.74, 6) is 0.582. The lowest BCUT2D eigenvalue weighted by molar-refractivity contribution is 0.102. The first-order chi connectivity index (χ1) is 13.1. The molecular formula is C21H19N5O. The van der Waals surface area contributed by atoms with Gasteiger partial charge in [0.1, 0.15) is 11.5 Å². The lowest BCUT2D eigenvalue weighted by Gasteiger charge is -2.13. The van der Waals surface area contributed by atoms with Crippen molar-refractivity contribution in [1.82, 2.24) is 9.97 Å². The summed E-state index contributed by atoms with van der Waals surface area (Å²) in [5, 5.41) is 14.8. The van der Waals surface area contributed by atoms with Crippen LogP contribution in [0.2, 0.25) is 0 Å². The Bertz CT molecular complexity index is 973. The second-order valence-corrected chi connectivity index (χ2v) is 6.30. The quantitative estimate of drug-likeness (QED) is 0.703. The van der Waals surface area contributed by atoms with Crippen LogP contribution < -0.4 is 10.6 Å². The van der Waals surface area contributed by atoms with Gasteiger partial charge in [0.05, 0.1) is 24.0 Å². The van der Waals surface area contributed by atoms with Gasteiger partial charge in [-0.15, -0.1) is 0 Å². The minimum Gasteiger partial charge on any atom is -0.339 e. The maximum Gasteiger partial charge on any atom is 0.275 e. The normalized spacial score (nSPS) is 10.3. The molecule has 0 atom stereocenters. The molecule has 0 unspecified atom stereocenters. The second kappa shape index (κ2) is 8.11. The number of nitriles is 1. The van der Waals surface area contributed by atoms with E-state index in [2.05, 4.69) is 40.5 Å². The number of para-hydroxylation sites is 1. The molecule has 0 bridgehead atoms. The lowest BCUT2D eigenvalue weighted by atomic mass is 10.0. The van der Waals surface area contributed by atoms with Crippen LogP contribution in [0.3, 0.4) is 0 Å². The minimum absolute atomic E-state index is 0.210. The van der Waals surface area contributed by atoms with E-state index < -0.39 is 0 Å². The third-order valence-electron chi connectivity index (χ3n) is 4.00. The van der Waals surface area contributed by atoms with Crippen LogP contribution in [0.15, 0.2) is 60.9 Å². The van der Waals surface area contributed by atoms with Gasteiger partial charge in [0.25, 0.3) is 5.91 Å². The van der Waals surface area contributed by atoms with Gasteiger partial charge in [-0.3, -0.25) is 4.79 Å². The Balaban J connectivity index is 1.69. The first-order valence-electron chi connectivity index (χ1n) is 8.56. The number of carbonyl (C=O) groups is 1. The first kappa shape index (κ1) is 18.1. The fourth-order valence-electron chi connectivity index (χ4n) is 2.59. The Morgan fingerprint density at radius 1 is 1.04 bits per heavy atom. The fraction of sp³-hybridized carbons (Fsp3) is 0.143. The number of anilines is 3. The Morgan fingerprint density at radius 3 is 2.41 bits per heavy atom. The number of carbonyl (C=O) groups excluding carboxylic acids is 1. The van der Waals surface area contributed by atoms with Gasteiger partial charge in [0.15, 0.2) is 0 Å². The van der Waals surface area contributed by atoms with Crippen molar-refractivity contribution in [2.45, 2.75) is 19.8 Å². The summed E-state index contributed by atoms with van der Waals surface area (Å²) in [6.45, 7) is 4.26. The monoisotopic (exact) mass is 357 g/mol. The predicted molar refractivity (Wildman–Crippen MR) is 105 cm³/mol. The highest BCUT2D eigenvalue weighted by molar-refractivity contribution is 6.02. The van der Waals surface area contributed by atoms with E-state index >= 15 is 0 Å². The third kappa shape index (κ3) is 4.47. The van der Waals surface area contributed by atoms with Crippen LogP contribution in [0.1, 0.15) is 41.4 Å².